The maximum absolute atomic E-state index is 14.0. The Balaban J connectivity index is 3.52. The lowest BCUT2D eigenvalue weighted by atomic mass is 9.94. The molecule has 0 aliphatic heterocycles. The summed E-state index contributed by atoms with van der Waals surface area (Å²) in [5.74, 6) is -1.10. The van der Waals surface area contributed by atoms with E-state index in [4.69, 9.17) is 18.6 Å². The fourth-order valence-electron chi connectivity index (χ4n) is 3.26. The SMILES string of the molecule is CCOP(=O)(OCC)[C@@H](N(O[C@H](COC(C)=O)c1ccccc1)C(C)(C)C)C(C)(C)C. The molecule has 2 atom stereocenters. The number of benzene rings is 1. The fraction of sp³-hybridized carbons (Fsp3) is 0.696. The van der Waals surface area contributed by atoms with Gasteiger partial charge in [-0.05, 0) is 45.6 Å². The average Bonchev–Trinajstić information content (AvgIpc) is 2.63. The molecule has 0 saturated heterocycles. The number of rotatable bonds is 11. The van der Waals surface area contributed by atoms with E-state index in [2.05, 4.69) is 0 Å². The molecule has 0 spiro atoms. The van der Waals surface area contributed by atoms with Crippen LogP contribution in [0.3, 0.4) is 0 Å². The van der Waals surface area contributed by atoms with Gasteiger partial charge in [0.25, 0.3) is 0 Å². The van der Waals surface area contributed by atoms with E-state index >= 15 is 0 Å². The topological polar surface area (TPSA) is 74.3 Å². The standard InChI is InChI=1S/C23H40NO6P/c1-10-28-31(26,29-11-2)21(22(4,5)6)24(23(7,8)9)30-20(17-27-18(3)25)19-15-13-12-14-16-19/h12-16,20-21H,10-11,17H2,1-9H3/t20-,21-/m1/s1. The molecule has 0 fully saturated rings. The molecular formula is C23H40NO6P. The van der Waals surface area contributed by atoms with Gasteiger partial charge in [0, 0.05) is 12.5 Å². The summed E-state index contributed by atoms with van der Waals surface area (Å²) < 4.78 is 30.8. The largest absolute Gasteiger partial charge is 0.463 e. The van der Waals surface area contributed by atoms with Crippen molar-refractivity contribution in [1.29, 1.82) is 0 Å². The second-order valence-electron chi connectivity index (χ2n) is 9.42. The molecule has 0 aliphatic rings. The number of hydrogen-bond acceptors (Lipinski definition) is 7. The molecule has 0 aliphatic carbocycles. The first-order valence-electron chi connectivity index (χ1n) is 10.8. The van der Waals surface area contributed by atoms with E-state index in [1.165, 1.54) is 6.92 Å². The molecule has 178 valence electrons. The Morgan fingerprint density at radius 1 is 1.00 bits per heavy atom. The maximum atomic E-state index is 14.0. The minimum Gasteiger partial charge on any atom is -0.463 e. The lowest BCUT2D eigenvalue weighted by Gasteiger charge is -2.48. The molecule has 0 heterocycles. The third kappa shape index (κ3) is 8.32. The molecule has 0 radical (unpaired) electrons. The van der Waals surface area contributed by atoms with E-state index < -0.39 is 36.4 Å². The van der Waals surface area contributed by atoms with E-state index in [-0.39, 0.29) is 19.8 Å². The summed E-state index contributed by atoms with van der Waals surface area (Å²) in [6, 6.07) is 9.52. The second kappa shape index (κ2) is 11.6. The summed E-state index contributed by atoms with van der Waals surface area (Å²) in [5.41, 5.74) is -0.241. The lowest BCUT2D eigenvalue weighted by Crippen LogP contribution is -2.54. The molecule has 0 N–H and O–H groups in total. The molecular weight excluding hydrogens is 417 g/mol. The Kier molecular flexibility index (Phi) is 10.4. The van der Waals surface area contributed by atoms with Crippen molar-refractivity contribution in [2.75, 3.05) is 19.8 Å². The average molecular weight is 458 g/mol. The Morgan fingerprint density at radius 2 is 1.52 bits per heavy atom. The summed E-state index contributed by atoms with van der Waals surface area (Å²) in [5, 5.41) is 1.71. The molecule has 31 heavy (non-hydrogen) atoms. The summed E-state index contributed by atoms with van der Waals surface area (Å²) in [6.07, 6.45) is -0.592. The van der Waals surface area contributed by atoms with Gasteiger partial charge in [-0.15, -0.1) is 0 Å². The van der Waals surface area contributed by atoms with Gasteiger partial charge in [0.05, 0.1) is 13.2 Å². The van der Waals surface area contributed by atoms with Gasteiger partial charge in [0.1, 0.15) is 18.5 Å². The zero-order valence-corrected chi connectivity index (χ0v) is 21.4. The Bertz CT molecular complexity index is 716. The van der Waals surface area contributed by atoms with Gasteiger partial charge in [-0.25, -0.2) is 0 Å². The summed E-state index contributed by atoms with van der Waals surface area (Å²) in [4.78, 5) is 18.0. The normalized spacial score (nSPS) is 15.0. The molecule has 0 amide bonds. The van der Waals surface area contributed by atoms with Crippen LogP contribution in [0, 0.1) is 5.41 Å². The van der Waals surface area contributed by atoms with Crippen LogP contribution < -0.4 is 0 Å². The van der Waals surface area contributed by atoms with Crippen molar-refractivity contribution in [2.45, 2.75) is 79.7 Å². The predicted molar refractivity (Wildman–Crippen MR) is 123 cm³/mol. The first kappa shape index (κ1) is 27.8. The molecule has 0 unspecified atom stereocenters. The molecule has 0 aromatic heterocycles. The van der Waals surface area contributed by atoms with E-state index in [1.54, 1.807) is 18.9 Å². The summed E-state index contributed by atoms with van der Waals surface area (Å²) in [7, 11) is -3.60. The monoisotopic (exact) mass is 457 g/mol. The number of carbonyl (C=O) groups excluding carboxylic acids is 1. The van der Waals surface area contributed by atoms with Crippen LogP contribution in [0.4, 0.5) is 0 Å². The van der Waals surface area contributed by atoms with E-state index in [0.717, 1.165) is 5.56 Å². The van der Waals surface area contributed by atoms with Crippen LogP contribution >= 0.6 is 7.60 Å². The zero-order chi connectivity index (χ0) is 23.9. The van der Waals surface area contributed by atoms with Gasteiger partial charge in [0.15, 0.2) is 0 Å². The summed E-state index contributed by atoms with van der Waals surface area (Å²) >= 11 is 0. The van der Waals surface area contributed by atoms with Gasteiger partial charge in [-0.3, -0.25) is 14.2 Å². The van der Waals surface area contributed by atoms with Crippen molar-refractivity contribution in [3.05, 3.63) is 35.9 Å². The van der Waals surface area contributed by atoms with E-state index in [1.807, 2.05) is 71.9 Å². The van der Waals surface area contributed by atoms with Crippen LogP contribution in [0.2, 0.25) is 0 Å². The first-order chi connectivity index (χ1) is 14.3. The molecule has 1 aromatic carbocycles. The highest BCUT2D eigenvalue weighted by atomic mass is 31.2. The zero-order valence-electron chi connectivity index (χ0n) is 20.5. The Hall–Kier alpha value is -1.24. The quantitative estimate of drug-likeness (QED) is 0.230. The Labute approximate surface area is 187 Å². The van der Waals surface area contributed by atoms with Crippen molar-refractivity contribution in [1.82, 2.24) is 5.06 Å². The number of hydrogen-bond donors (Lipinski definition) is 0. The molecule has 1 rings (SSSR count). The lowest BCUT2D eigenvalue weighted by molar-refractivity contribution is -0.275. The molecule has 0 bridgehead atoms. The van der Waals surface area contributed by atoms with Crippen molar-refractivity contribution < 1.29 is 28.0 Å². The molecule has 1 aromatic rings. The number of carbonyl (C=O) groups is 1. The van der Waals surface area contributed by atoms with E-state index in [0.29, 0.717) is 0 Å². The van der Waals surface area contributed by atoms with Gasteiger partial charge in [-0.1, -0.05) is 51.1 Å². The third-order valence-corrected chi connectivity index (χ3v) is 7.25. The Morgan fingerprint density at radius 3 is 1.90 bits per heavy atom. The van der Waals surface area contributed by atoms with Crippen LogP contribution in [0.5, 0.6) is 0 Å². The van der Waals surface area contributed by atoms with E-state index in [9.17, 15) is 9.36 Å². The van der Waals surface area contributed by atoms with Crippen LogP contribution in [0.1, 0.15) is 74.0 Å². The van der Waals surface area contributed by atoms with Crippen molar-refractivity contribution in [3.63, 3.8) is 0 Å². The highest BCUT2D eigenvalue weighted by Gasteiger charge is 2.51. The number of esters is 1. The minimum absolute atomic E-state index is 0.0242. The van der Waals surface area contributed by atoms with Gasteiger partial charge >= 0.3 is 13.6 Å². The fourth-order valence-corrected chi connectivity index (χ4v) is 5.94. The number of ether oxygens (including phenoxy) is 1. The molecule has 7 nitrogen and oxygen atoms in total. The summed E-state index contributed by atoms with van der Waals surface area (Å²) in [6.45, 7) is 17.3. The predicted octanol–water partition coefficient (Wildman–Crippen LogP) is 5.96. The van der Waals surface area contributed by atoms with Crippen LogP contribution in [-0.2, 0) is 28.0 Å². The van der Waals surface area contributed by atoms with Gasteiger partial charge in [0.2, 0.25) is 0 Å². The number of nitrogens with zero attached hydrogens (tertiary/aromatic N) is 1. The van der Waals surface area contributed by atoms with Crippen LogP contribution in [0.15, 0.2) is 30.3 Å². The second-order valence-corrected chi connectivity index (χ2v) is 11.5. The van der Waals surface area contributed by atoms with Crippen molar-refractivity contribution in [2.24, 2.45) is 5.41 Å². The highest BCUT2D eigenvalue weighted by Crippen LogP contribution is 2.61. The van der Waals surface area contributed by atoms with Crippen LogP contribution in [-0.4, -0.2) is 42.2 Å². The van der Waals surface area contributed by atoms with Gasteiger partial charge < -0.3 is 13.8 Å². The van der Waals surface area contributed by atoms with Crippen molar-refractivity contribution >= 4 is 13.6 Å². The minimum atomic E-state index is -3.60. The third-order valence-electron chi connectivity index (χ3n) is 4.43. The highest BCUT2D eigenvalue weighted by molar-refractivity contribution is 7.54. The van der Waals surface area contributed by atoms with Crippen LogP contribution in [0.25, 0.3) is 0 Å². The van der Waals surface area contributed by atoms with Gasteiger partial charge in [-0.2, -0.15) is 5.06 Å². The smallest absolute Gasteiger partial charge is 0.350 e. The molecule has 0 saturated carbocycles. The van der Waals surface area contributed by atoms with Crippen molar-refractivity contribution in [3.8, 4) is 0 Å². The maximum Gasteiger partial charge on any atom is 0.350 e. The number of hydroxylamine groups is 2. The first-order valence-corrected chi connectivity index (χ1v) is 12.4. The molecule has 8 heteroatoms.